The maximum absolute atomic E-state index is 12.7. The van der Waals surface area contributed by atoms with Crippen molar-refractivity contribution in [2.24, 2.45) is 0 Å². The van der Waals surface area contributed by atoms with Crippen molar-refractivity contribution in [2.45, 2.75) is 239 Å². The highest BCUT2D eigenvalue weighted by atomic mass is 16.6. The third kappa shape index (κ3) is 42.5. The third-order valence-electron chi connectivity index (χ3n) is 10.0. The molecule has 0 amide bonds. The van der Waals surface area contributed by atoms with E-state index in [-0.39, 0.29) is 31.1 Å². The molecule has 56 heavy (non-hydrogen) atoms. The van der Waals surface area contributed by atoms with Gasteiger partial charge in [0, 0.05) is 19.3 Å². The average Bonchev–Trinajstić information content (AvgIpc) is 3.19. The Bertz CT molecular complexity index is 996. The van der Waals surface area contributed by atoms with Gasteiger partial charge in [-0.15, -0.1) is 0 Å². The van der Waals surface area contributed by atoms with Crippen LogP contribution < -0.4 is 0 Å². The molecule has 0 aromatic heterocycles. The van der Waals surface area contributed by atoms with Crippen molar-refractivity contribution < 1.29 is 28.6 Å². The van der Waals surface area contributed by atoms with Gasteiger partial charge in [-0.1, -0.05) is 172 Å². The Morgan fingerprint density at radius 3 is 1.18 bits per heavy atom. The molecule has 0 aliphatic carbocycles. The first-order chi connectivity index (χ1) is 27.5. The normalized spacial score (nSPS) is 12.4. The molecule has 0 aliphatic heterocycles. The summed E-state index contributed by atoms with van der Waals surface area (Å²) >= 11 is 0. The van der Waals surface area contributed by atoms with Crippen LogP contribution >= 0.6 is 0 Å². The lowest BCUT2D eigenvalue weighted by Crippen LogP contribution is -2.30. The van der Waals surface area contributed by atoms with Gasteiger partial charge in [0.2, 0.25) is 0 Å². The summed E-state index contributed by atoms with van der Waals surface area (Å²) in [5.74, 6) is -0.948. The second-order valence-electron chi connectivity index (χ2n) is 15.6. The van der Waals surface area contributed by atoms with Gasteiger partial charge in [0.05, 0.1) is 0 Å². The van der Waals surface area contributed by atoms with Crippen molar-refractivity contribution in [1.29, 1.82) is 0 Å². The molecule has 0 heterocycles. The van der Waals surface area contributed by atoms with Gasteiger partial charge < -0.3 is 14.2 Å². The maximum atomic E-state index is 12.7. The lowest BCUT2D eigenvalue weighted by Gasteiger charge is -2.18. The van der Waals surface area contributed by atoms with E-state index < -0.39 is 6.10 Å². The molecule has 0 aromatic carbocycles. The predicted molar refractivity (Wildman–Crippen MR) is 238 cm³/mol. The zero-order valence-corrected chi connectivity index (χ0v) is 36.9. The summed E-state index contributed by atoms with van der Waals surface area (Å²) in [7, 11) is 0. The van der Waals surface area contributed by atoms with Gasteiger partial charge in [-0.05, 0) is 89.9 Å². The molecular formula is C50H88O6. The van der Waals surface area contributed by atoms with Crippen molar-refractivity contribution in [2.75, 3.05) is 13.2 Å². The van der Waals surface area contributed by atoms with Crippen LogP contribution in [-0.2, 0) is 28.6 Å². The number of carbonyl (C=O) groups excluding carboxylic acids is 3. The monoisotopic (exact) mass is 785 g/mol. The smallest absolute Gasteiger partial charge is 0.306 e. The number of esters is 3. The standard InChI is InChI=1S/C50H88O6/c1-4-7-10-13-16-19-21-22-23-24-25-26-27-28-29-32-34-37-40-43-49(52)55-46-47(45-54-48(51)42-39-36-33-30-18-15-12-9-6-3)56-50(53)44-41-38-35-31-20-17-14-11-8-5-2/h9,12,14,17-18,24-25,30,47H,4-8,10-11,13,15-16,19-23,26-29,31-46H2,1-3H3/b12-9-,17-14-,25-24-,30-18-. The fourth-order valence-corrected chi connectivity index (χ4v) is 6.45. The molecule has 0 N–H and O–H groups in total. The first-order valence-corrected chi connectivity index (χ1v) is 23.6. The summed E-state index contributed by atoms with van der Waals surface area (Å²) in [6.07, 6.45) is 52.6. The van der Waals surface area contributed by atoms with Crippen LogP contribution in [0, 0.1) is 0 Å². The lowest BCUT2D eigenvalue weighted by molar-refractivity contribution is -0.167. The molecule has 0 bridgehead atoms. The molecule has 6 heteroatoms. The molecule has 324 valence electrons. The number of hydrogen-bond acceptors (Lipinski definition) is 6. The fraction of sp³-hybridized carbons (Fsp3) is 0.780. The lowest BCUT2D eigenvalue weighted by atomic mass is 10.1. The zero-order chi connectivity index (χ0) is 40.8. The summed E-state index contributed by atoms with van der Waals surface area (Å²) < 4.78 is 16.6. The topological polar surface area (TPSA) is 78.9 Å². The van der Waals surface area contributed by atoms with Crippen LogP contribution in [0.5, 0.6) is 0 Å². The van der Waals surface area contributed by atoms with Crippen LogP contribution in [-0.4, -0.2) is 37.2 Å². The van der Waals surface area contributed by atoms with Crippen molar-refractivity contribution in [1.82, 2.24) is 0 Å². The highest BCUT2D eigenvalue weighted by Gasteiger charge is 2.19. The summed E-state index contributed by atoms with van der Waals surface area (Å²) in [6.45, 7) is 6.42. The van der Waals surface area contributed by atoms with Crippen LogP contribution in [0.3, 0.4) is 0 Å². The Morgan fingerprint density at radius 2 is 0.714 bits per heavy atom. The number of carbonyl (C=O) groups is 3. The first kappa shape index (κ1) is 53.4. The number of rotatable bonds is 42. The molecule has 0 spiro atoms. The first-order valence-electron chi connectivity index (χ1n) is 23.6. The molecular weight excluding hydrogens is 697 g/mol. The predicted octanol–water partition coefficient (Wildman–Crippen LogP) is 15.1. The van der Waals surface area contributed by atoms with Gasteiger partial charge >= 0.3 is 17.9 Å². The second kappa shape index (κ2) is 45.1. The van der Waals surface area contributed by atoms with Crippen molar-refractivity contribution in [3.8, 4) is 0 Å². The molecule has 0 radical (unpaired) electrons. The highest BCUT2D eigenvalue weighted by molar-refractivity contribution is 5.71. The maximum Gasteiger partial charge on any atom is 0.306 e. The molecule has 0 saturated heterocycles. The average molecular weight is 785 g/mol. The minimum atomic E-state index is -0.789. The van der Waals surface area contributed by atoms with E-state index in [1.165, 1.54) is 103 Å². The third-order valence-corrected chi connectivity index (χ3v) is 10.0. The van der Waals surface area contributed by atoms with E-state index in [0.717, 1.165) is 89.9 Å². The Morgan fingerprint density at radius 1 is 0.375 bits per heavy atom. The Labute approximate surface area is 346 Å². The Balaban J connectivity index is 4.28. The van der Waals surface area contributed by atoms with Crippen LogP contribution in [0.25, 0.3) is 0 Å². The van der Waals surface area contributed by atoms with Crippen molar-refractivity contribution in [3.63, 3.8) is 0 Å². The van der Waals surface area contributed by atoms with E-state index in [1.54, 1.807) is 0 Å². The van der Waals surface area contributed by atoms with Crippen LogP contribution in [0.15, 0.2) is 48.6 Å². The molecule has 6 nitrogen and oxygen atoms in total. The number of hydrogen-bond donors (Lipinski definition) is 0. The molecule has 0 aromatic rings. The molecule has 1 atom stereocenters. The molecule has 0 saturated carbocycles. The number of unbranched alkanes of at least 4 members (excludes halogenated alkanes) is 23. The van der Waals surface area contributed by atoms with E-state index in [1.807, 2.05) is 0 Å². The largest absolute Gasteiger partial charge is 0.462 e. The minimum absolute atomic E-state index is 0.0902. The van der Waals surface area contributed by atoms with Crippen LogP contribution in [0.4, 0.5) is 0 Å². The molecule has 0 rings (SSSR count). The van der Waals surface area contributed by atoms with Crippen molar-refractivity contribution in [3.05, 3.63) is 48.6 Å². The second-order valence-corrected chi connectivity index (χ2v) is 15.6. The summed E-state index contributed by atoms with van der Waals surface area (Å²) in [6, 6.07) is 0. The molecule has 0 aliphatic rings. The Kier molecular flexibility index (Phi) is 43.0. The number of allylic oxidation sites excluding steroid dienone is 8. The summed E-state index contributed by atoms with van der Waals surface area (Å²) in [5.41, 5.74) is 0. The van der Waals surface area contributed by atoms with Gasteiger partial charge in [-0.3, -0.25) is 14.4 Å². The van der Waals surface area contributed by atoms with E-state index in [2.05, 4.69) is 69.4 Å². The SMILES string of the molecule is CC/C=C\C/C=C\CCCCC(=O)OCC(COC(=O)CCCCCCCCC/C=C\CCCCCCCCCC)OC(=O)CCCCCC/C=C\CCCC. The van der Waals surface area contributed by atoms with Crippen molar-refractivity contribution >= 4 is 17.9 Å². The van der Waals surface area contributed by atoms with Crippen LogP contribution in [0.2, 0.25) is 0 Å². The van der Waals surface area contributed by atoms with E-state index in [0.29, 0.717) is 19.3 Å². The minimum Gasteiger partial charge on any atom is -0.462 e. The van der Waals surface area contributed by atoms with E-state index in [9.17, 15) is 14.4 Å². The fourth-order valence-electron chi connectivity index (χ4n) is 6.45. The molecule has 0 fully saturated rings. The van der Waals surface area contributed by atoms with E-state index >= 15 is 0 Å². The Hall–Kier alpha value is -2.63. The van der Waals surface area contributed by atoms with E-state index in [4.69, 9.17) is 14.2 Å². The van der Waals surface area contributed by atoms with Gasteiger partial charge in [0.15, 0.2) is 6.10 Å². The zero-order valence-electron chi connectivity index (χ0n) is 36.9. The van der Waals surface area contributed by atoms with Gasteiger partial charge in [0.1, 0.15) is 13.2 Å². The highest BCUT2D eigenvalue weighted by Crippen LogP contribution is 2.14. The van der Waals surface area contributed by atoms with Gasteiger partial charge in [-0.25, -0.2) is 0 Å². The summed E-state index contributed by atoms with van der Waals surface area (Å²) in [5, 5.41) is 0. The van der Waals surface area contributed by atoms with Crippen LogP contribution in [0.1, 0.15) is 233 Å². The number of ether oxygens (including phenoxy) is 3. The summed E-state index contributed by atoms with van der Waals surface area (Å²) in [4.78, 5) is 37.6. The van der Waals surface area contributed by atoms with Gasteiger partial charge in [0.25, 0.3) is 0 Å². The molecule has 1 unspecified atom stereocenters. The van der Waals surface area contributed by atoms with Gasteiger partial charge in [-0.2, -0.15) is 0 Å². The quantitative estimate of drug-likeness (QED) is 0.0265.